The van der Waals surface area contributed by atoms with E-state index in [1.165, 1.54) is 12.1 Å². The molecule has 4 nitrogen and oxygen atoms in total. The van der Waals surface area contributed by atoms with E-state index in [-0.39, 0.29) is 10.9 Å². The van der Waals surface area contributed by atoms with Crippen LogP contribution in [0, 0.1) is 12.7 Å². The maximum absolute atomic E-state index is 13.2. The molecule has 0 bridgehead atoms. The van der Waals surface area contributed by atoms with Gasteiger partial charge in [-0.2, -0.15) is 0 Å². The molecule has 6 heteroatoms. The van der Waals surface area contributed by atoms with E-state index >= 15 is 0 Å². The van der Waals surface area contributed by atoms with Gasteiger partial charge in [0.05, 0.1) is 16.9 Å². The van der Waals surface area contributed by atoms with E-state index in [0.29, 0.717) is 22.8 Å². The molecule has 0 unspecified atom stereocenters. The van der Waals surface area contributed by atoms with E-state index in [4.69, 9.17) is 11.6 Å². The minimum Gasteiger partial charge on any atom is -0.354 e. The second-order valence-electron chi connectivity index (χ2n) is 5.51. The number of carbonyl (C=O) groups excluding carboxylic acids is 1. The van der Waals surface area contributed by atoms with E-state index < -0.39 is 5.82 Å². The van der Waals surface area contributed by atoms with Crippen molar-refractivity contribution >= 4 is 34.7 Å². The summed E-state index contributed by atoms with van der Waals surface area (Å²) in [4.78, 5) is 16.4. The minimum absolute atomic E-state index is 0.0417. The highest BCUT2D eigenvalue weighted by atomic mass is 35.5. The molecule has 0 aliphatic carbocycles. The Morgan fingerprint density at radius 1 is 1.08 bits per heavy atom. The largest absolute Gasteiger partial charge is 0.354 e. The first-order chi connectivity index (χ1) is 12.0. The predicted molar refractivity (Wildman–Crippen MR) is 98.1 cm³/mol. The van der Waals surface area contributed by atoms with Crippen LogP contribution in [-0.2, 0) is 0 Å². The quantitative estimate of drug-likeness (QED) is 0.678. The van der Waals surface area contributed by atoms with Crippen LogP contribution in [0.25, 0.3) is 0 Å². The van der Waals surface area contributed by atoms with Gasteiger partial charge in [-0.25, -0.2) is 9.37 Å². The maximum Gasteiger partial charge on any atom is 0.256 e. The second-order valence-corrected chi connectivity index (χ2v) is 5.92. The number of halogens is 2. The van der Waals surface area contributed by atoms with Crippen molar-refractivity contribution in [1.29, 1.82) is 0 Å². The summed E-state index contributed by atoms with van der Waals surface area (Å²) in [6.45, 7) is 1.93. The Bertz CT molecular complexity index is 913. The number of hydrogen-bond acceptors (Lipinski definition) is 3. The lowest BCUT2D eigenvalue weighted by molar-refractivity contribution is 0.102. The Morgan fingerprint density at radius 2 is 1.88 bits per heavy atom. The zero-order valence-electron chi connectivity index (χ0n) is 13.4. The zero-order valence-corrected chi connectivity index (χ0v) is 14.1. The minimum atomic E-state index is -0.473. The molecule has 0 atom stereocenters. The summed E-state index contributed by atoms with van der Waals surface area (Å²) in [5.41, 5.74) is 2.92. The molecule has 0 spiro atoms. The van der Waals surface area contributed by atoms with Crippen LogP contribution in [0.5, 0.6) is 0 Å². The van der Waals surface area contributed by atoms with Gasteiger partial charge in [-0.05, 0) is 49.4 Å². The Kier molecular flexibility index (Phi) is 4.95. The van der Waals surface area contributed by atoms with E-state index in [9.17, 15) is 9.18 Å². The van der Waals surface area contributed by atoms with Crippen molar-refractivity contribution in [2.24, 2.45) is 0 Å². The van der Waals surface area contributed by atoms with E-state index in [1.54, 1.807) is 30.5 Å². The van der Waals surface area contributed by atoms with Crippen molar-refractivity contribution in [3.8, 4) is 0 Å². The molecule has 1 heterocycles. The lowest BCUT2D eigenvalue weighted by Gasteiger charge is -2.09. The third-order valence-corrected chi connectivity index (χ3v) is 3.78. The van der Waals surface area contributed by atoms with Gasteiger partial charge in [0.1, 0.15) is 11.6 Å². The fourth-order valence-corrected chi connectivity index (χ4v) is 2.44. The molecule has 1 aromatic heterocycles. The number of aromatic nitrogens is 1. The molecule has 0 fully saturated rings. The summed E-state index contributed by atoms with van der Waals surface area (Å²) in [6, 6.07) is 15.1. The molecule has 0 aliphatic rings. The van der Waals surface area contributed by atoms with Crippen molar-refractivity contribution in [3.05, 3.63) is 82.8 Å². The summed E-state index contributed by atoms with van der Waals surface area (Å²) in [5, 5.41) is 5.85. The number of aryl methyl sites for hydroxylation is 1. The number of nitrogens with zero attached hydrogens (tertiary/aromatic N) is 1. The third-order valence-electron chi connectivity index (χ3n) is 3.49. The second kappa shape index (κ2) is 7.32. The van der Waals surface area contributed by atoms with E-state index in [0.717, 1.165) is 5.56 Å². The molecule has 0 radical (unpaired) electrons. The Balaban J connectivity index is 1.67. The van der Waals surface area contributed by atoms with Crippen LogP contribution in [0.3, 0.4) is 0 Å². The molecular formula is C19H15ClFN3O. The van der Waals surface area contributed by atoms with Gasteiger partial charge < -0.3 is 10.6 Å². The molecule has 1 amide bonds. The molecule has 126 valence electrons. The topological polar surface area (TPSA) is 54.0 Å². The number of anilines is 3. The van der Waals surface area contributed by atoms with Crippen LogP contribution >= 0.6 is 11.6 Å². The van der Waals surface area contributed by atoms with Crippen molar-refractivity contribution in [3.63, 3.8) is 0 Å². The fourth-order valence-electron chi connectivity index (χ4n) is 2.26. The molecule has 0 saturated carbocycles. The van der Waals surface area contributed by atoms with Gasteiger partial charge in [0.15, 0.2) is 0 Å². The number of benzene rings is 2. The van der Waals surface area contributed by atoms with Gasteiger partial charge in [0, 0.05) is 11.3 Å². The van der Waals surface area contributed by atoms with Gasteiger partial charge in [-0.3, -0.25) is 4.79 Å². The number of nitrogens with one attached hydrogen (secondary N) is 2. The monoisotopic (exact) mass is 355 g/mol. The van der Waals surface area contributed by atoms with Gasteiger partial charge in [0.25, 0.3) is 5.91 Å². The van der Waals surface area contributed by atoms with Crippen molar-refractivity contribution in [1.82, 2.24) is 4.98 Å². The molecule has 2 N–H and O–H groups in total. The predicted octanol–water partition coefficient (Wildman–Crippen LogP) is 5.18. The number of carbonyl (C=O) groups is 1. The van der Waals surface area contributed by atoms with Gasteiger partial charge in [-0.15, -0.1) is 0 Å². The highest BCUT2D eigenvalue weighted by Gasteiger charge is 2.07. The Morgan fingerprint density at radius 3 is 2.56 bits per heavy atom. The van der Waals surface area contributed by atoms with Crippen molar-refractivity contribution in [2.75, 3.05) is 10.6 Å². The number of rotatable bonds is 4. The Hall–Kier alpha value is -2.92. The average Bonchev–Trinajstić information content (AvgIpc) is 2.60. The van der Waals surface area contributed by atoms with Crippen LogP contribution < -0.4 is 10.6 Å². The standard InChI is InChI=1S/C19H15ClFN3O/c1-12-3-2-4-13(9-12)19(25)24-18-8-6-15(11-22-18)23-14-5-7-17(21)16(20)10-14/h2-11,23H,1H3,(H,22,24,25). The fraction of sp³-hybridized carbons (Fsp3) is 0.0526. The SMILES string of the molecule is Cc1cccc(C(=O)Nc2ccc(Nc3ccc(F)c(Cl)c3)cn2)c1. The maximum atomic E-state index is 13.2. The van der Waals surface area contributed by atoms with Crippen LogP contribution in [0.15, 0.2) is 60.8 Å². The number of amides is 1. The van der Waals surface area contributed by atoms with Gasteiger partial charge in [-0.1, -0.05) is 29.3 Å². The molecule has 0 saturated heterocycles. The molecule has 3 rings (SSSR count). The number of hydrogen-bond donors (Lipinski definition) is 2. The number of pyridine rings is 1. The summed E-state index contributed by atoms with van der Waals surface area (Å²) in [7, 11) is 0. The van der Waals surface area contributed by atoms with E-state index in [1.807, 2.05) is 25.1 Å². The first-order valence-electron chi connectivity index (χ1n) is 7.57. The molecule has 3 aromatic rings. The summed E-state index contributed by atoms with van der Waals surface area (Å²) in [6.07, 6.45) is 1.57. The molecule has 25 heavy (non-hydrogen) atoms. The lowest BCUT2D eigenvalue weighted by Crippen LogP contribution is -2.13. The average molecular weight is 356 g/mol. The highest BCUT2D eigenvalue weighted by Crippen LogP contribution is 2.23. The summed E-state index contributed by atoms with van der Waals surface area (Å²) in [5.74, 6) is -0.254. The smallest absolute Gasteiger partial charge is 0.256 e. The van der Waals surface area contributed by atoms with Crippen LogP contribution in [0.2, 0.25) is 5.02 Å². The molecular weight excluding hydrogens is 341 g/mol. The lowest BCUT2D eigenvalue weighted by atomic mass is 10.1. The third kappa shape index (κ3) is 4.33. The van der Waals surface area contributed by atoms with Crippen LogP contribution in [-0.4, -0.2) is 10.9 Å². The van der Waals surface area contributed by atoms with Crippen molar-refractivity contribution < 1.29 is 9.18 Å². The first kappa shape index (κ1) is 16.9. The van der Waals surface area contributed by atoms with Crippen LogP contribution in [0.4, 0.5) is 21.6 Å². The summed E-state index contributed by atoms with van der Waals surface area (Å²) >= 11 is 5.75. The van der Waals surface area contributed by atoms with Crippen LogP contribution in [0.1, 0.15) is 15.9 Å². The van der Waals surface area contributed by atoms with E-state index in [2.05, 4.69) is 15.6 Å². The van der Waals surface area contributed by atoms with Gasteiger partial charge in [0.2, 0.25) is 0 Å². The normalized spacial score (nSPS) is 10.4. The zero-order chi connectivity index (χ0) is 17.8. The molecule has 2 aromatic carbocycles. The van der Waals surface area contributed by atoms with Crippen molar-refractivity contribution in [2.45, 2.75) is 6.92 Å². The van der Waals surface area contributed by atoms with Gasteiger partial charge >= 0.3 is 0 Å². The highest BCUT2D eigenvalue weighted by molar-refractivity contribution is 6.31. The Labute approximate surface area is 149 Å². The first-order valence-corrected chi connectivity index (χ1v) is 7.95. The summed E-state index contributed by atoms with van der Waals surface area (Å²) < 4.78 is 13.2. The molecule has 0 aliphatic heterocycles.